The van der Waals surface area contributed by atoms with Crippen LogP contribution in [-0.2, 0) is 4.74 Å². The minimum absolute atomic E-state index is 0.0167. The monoisotopic (exact) mass is 476 g/mol. The number of hydrogen-bond acceptors (Lipinski definition) is 9. The summed E-state index contributed by atoms with van der Waals surface area (Å²) in [5.41, 5.74) is 5.46. The SMILES string of the molecule is CCOC(=O)c1c(-c2ccccc2O)c(C#N)c(=O)n(N=C(C)c2cc(OC)ccc2OC)c1N. The van der Waals surface area contributed by atoms with Crippen LogP contribution in [0.15, 0.2) is 52.4 Å². The first kappa shape index (κ1) is 24.9. The molecule has 3 N–H and O–H groups in total. The third-order valence-corrected chi connectivity index (χ3v) is 5.20. The Kier molecular flexibility index (Phi) is 7.41. The van der Waals surface area contributed by atoms with Crippen LogP contribution >= 0.6 is 0 Å². The lowest BCUT2D eigenvalue weighted by Crippen LogP contribution is -2.28. The fourth-order valence-corrected chi connectivity index (χ4v) is 3.55. The van der Waals surface area contributed by atoms with Crippen LogP contribution in [0.1, 0.15) is 35.3 Å². The van der Waals surface area contributed by atoms with Crippen LogP contribution in [0.2, 0.25) is 0 Å². The first-order valence-corrected chi connectivity index (χ1v) is 10.5. The first-order valence-electron chi connectivity index (χ1n) is 10.5. The number of nitriles is 1. The fourth-order valence-electron chi connectivity index (χ4n) is 3.55. The minimum atomic E-state index is -0.877. The summed E-state index contributed by atoms with van der Waals surface area (Å²) in [6.07, 6.45) is 0. The quantitative estimate of drug-likeness (QED) is 0.390. The van der Waals surface area contributed by atoms with E-state index < -0.39 is 17.1 Å². The summed E-state index contributed by atoms with van der Waals surface area (Å²) in [6, 6.07) is 12.8. The highest BCUT2D eigenvalue weighted by Crippen LogP contribution is 2.36. The number of esters is 1. The Morgan fingerprint density at radius 2 is 1.91 bits per heavy atom. The van der Waals surface area contributed by atoms with E-state index in [0.29, 0.717) is 22.8 Å². The number of para-hydroxylation sites is 1. The van der Waals surface area contributed by atoms with Gasteiger partial charge in [-0.1, -0.05) is 18.2 Å². The van der Waals surface area contributed by atoms with Crippen LogP contribution in [0.4, 0.5) is 5.82 Å². The van der Waals surface area contributed by atoms with Crippen molar-refractivity contribution in [1.29, 1.82) is 5.26 Å². The van der Waals surface area contributed by atoms with Gasteiger partial charge in [0.15, 0.2) is 0 Å². The molecule has 3 rings (SSSR count). The highest BCUT2D eigenvalue weighted by molar-refractivity contribution is 6.04. The predicted octanol–water partition coefficient (Wildman–Crippen LogP) is 3.14. The normalized spacial score (nSPS) is 11.0. The summed E-state index contributed by atoms with van der Waals surface area (Å²) in [5, 5.41) is 24.6. The zero-order chi connectivity index (χ0) is 25.7. The van der Waals surface area contributed by atoms with Gasteiger partial charge in [-0.25, -0.2) is 4.79 Å². The van der Waals surface area contributed by atoms with E-state index in [1.54, 1.807) is 44.2 Å². The summed E-state index contributed by atoms with van der Waals surface area (Å²) in [4.78, 5) is 26.3. The molecule has 0 aliphatic rings. The Morgan fingerprint density at radius 3 is 2.51 bits per heavy atom. The molecule has 2 aromatic carbocycles. The van der Waals surface area contributed by atoms with E-state index in [1.165, 1.54) is 26.4 Å². The summed E-state index contributed by atoms with van der Waals surface area (Å²) in [6.45, 7) is 3.23. The molecule has 1 heterocycles. The predicted molar refractivity (Wildman–Crippen MR) is 130 cm³/mol. The number of anilines is 1. The highest BCUT2D eigenvalue weighted by atomic mass is 16.5. The van der Waals surface area contributed by atoms with Gasteiger partial charge in [-0.05, 0) is 38.1 Å². The van der Waals surface area contributed by atoms with Crippen LogP contribution in [0.3, 0.4) is 0 Å². The van der Waals surface area contributed by atoms with Crippen molar-refractivity contribution in [1.82, 2.24) is 4.68 Å². The topological polar surface area (TPSA) is 149 Å². The molecule has 0 bridgehead atoms. The molecule has 3 aromatic rings. The Balaban J connectivity index is 2.40. The van der Waals surface area contributed by atoms with Gasteiger partial charge in [0.1, 0.15) is 40.3 Å². The van der Waals surface area contributed by atoms with Gasteiger partial charge < -0.3 is 25.1 Å². The fraction of sp³-hybridized carbons (Fsp3) is 0.200. The molecule has 0 atom stereocenters. The lowest BCUT2D eigenvalue weighted by atomic mass is 9.95. The molecule has 0 saturated carbocycles. The van der Waals surface area contributed by atoms with Gasteiger partial charge in [-0.3, -0.25) is 4.79 Å². The second kappa shape index (κ2) is 10.4. The molecule has 0 fully saturated rings. The van der Waals surface area contributed by atoms with Gasteiger partial charge in [0.2, 0.25) is 0 Å². The molecule has 0 spiro atoms. The average molecular weight is 476 g/mol. The second-order valence-corrected chi connectivity index (χ2v) is 7.23. The van der Waals surface area contributed by atoms with E-state index in [-0.39, 0.29) is 34.9 Å². The van der Waals surface area contributed by atoms with Crippen LogP contribution in [-0.4, -0.2) is 42.3 Å². The number of carbonyl (C=O) groups is 1. The number of ether oxygens (including phenoxy) is 3. The number of aromatic nitrogens is 1. The van der Waals surface area contributed by atoms with Crippen molar-refractivity contribution in [3.63, 3.8) is 0 Å². The van der Waals surface area contributed by atoms with Gasteiger partial charge in [0.05, 0.1) is 26.5 Å². The maximum absolute atomic E-state index is 13.4. The van der Waals surface area contributed by atoms with Crippen molar-refractivity contribution in [3.8, 4) is 34.4 Å². The molecule has 10 nitrogen and oxygen atoms in total. The number of pyridine rings is 1. The number of nitrogen functional groups attached to an aromatic ring is 1. The largest absolute Gasteiger partial charge is 0.507 e. The maximum atomic E-state index is 13.4. The lowest BCUT2D eigenvalue weighted by molar-refractivity contribution is 0.0527. The Hall–Kier alpha value is -4.78. The van der Waals surface area contributed by atoms with Crippen LogP contribution in [0.5, 0.6) is 17.2 Å². The van der Waals surface area contributed by atoms with Gasteiger partial charge in [-0.2, -0.15) is 15.0 Å². The number of methoxy groups -OCH3 is 2. The number of nitrogens with zero attached hydrogens (tertiary/aromatic N) is 3. The van der Waals surface area contributed by atoms with Crippen molar-refractivity contribution in [2.75, 3.05) is 26.6 Å². The Morgan fingerprint density at radius 1 is 1.20 bits per heavy atom. The van der Waals surface area contributed by atoms with Gasteiger partial charge >= 0.3 is 5.97 Å². The third kappa shape index (κ3) is 4.65. The number of hydrogen-bond donors (Lipinski definition) is 2. The molecule has 35 heavy (non-hydrogen) atoms. The van der Waals surface area contributed by atoms with E-state index in [2.05, 4.69) is 5.10 Å². The van der Waals surface area contributed by atoms with E-state index in [1.807, 2.05) is 6.07 Å². The van der Waals surface area contributed by atoms with Crippen molar-refractivity contribution in [2.24, 2.45) is 5.10 Å². The summed E-state index contributed by atoms with van der Waals surface area (Å²) < 4.78 is 16.6. The van der Waals surface area contributed by atoms with E-state index >= 15 is 0 Å². The van der Waals surface area contributed by atoms with Crippen molar-refractivity contribution < 1.29 is 24.1 Å². The van der Waals surface area contributed by atoms with Crippen molar-refractivity contribution >= 4 is 17.5 Å². The zero-order valence-corrected chi connectivity index (χ0v) is 19.7. The molecule has 0 saturated heterocycles. The minimum Gasteiger partial charge on any atom is -0.507 e. The summed E-state index contributed by atoms with van der Waals surface area (Å²) >= 11 is 0. The van der Waals surface area contributed by atoms with Crippen molar-refractivity contribution in [3.05, 3.63) is 69.5 Å². The number of aromatic hydroxyl groups is 1. The molecule has 0 radical (unpaired) electrons. The molecule has 1 aromatic heterocycles. The number of carbonyl (C=O) groups excluding carboxylic acids is 1. The molecule has 0 unspecified atom stereocenters. The lowest BCUT2D eigenvalue weighted by Gasteiger charge is -2.17. The number of nitrogens with two attached hydrogens (primary N) is 1. The standard InChI is InChI=1S/C25H24N4O6/c1-5-35-25(32)22-21(16-8-6-7-9-19(16)30)18(13-26)24(31)29(23(22)27)28-14(2)17-12-15(33-3)10-11-20(17)34-4/h6-12,30H,5,27H2,1-4H3. The molecular weight excluding hydrogens is 452 g/mol. The first-order chi connectivity index (χ1) is 16.8. The number of phenols is 1. The van der Waals surface area contributed by atoms with Crippen LogP contribution < -0.4 is 20.8 Å². The second-order valence-electron chi connectivity index (χ2n) is 7.23. The molecule has 0 amide bonds. The Labute approximate surface area is 201 Å². The molecule has 0 aliphatic heterocycles. The zero-order valence-electron chi connectivity index (χ0n) is 19.7. The van der Waals surface area contributed by atoms with Gasteiger partial charge in [0, 0.05) is 16.7 Å². The smallest absolute Gasteiger partial charge is 0.342 e. The summed E-state index contributed by atoms with van der Waals surface area (Å²) in [5.74, 6) is -0.495. The third-order valence-electron chi connectivity index (χ3n) is 5.20. The van der Waals surface area contributed by atoms with E-state index in [9.17, 15) is 20.0 Å². The molecular formula is C25H24N4O6. The number of rotatable bonds is 7. The maximum Gasteiger partial charge on any atom is 0.342 e. The Bertz CT molecular complexity index is 1420. The van der Waals surface area contributed by atoms with Crippen molar-refractivity contribution in [2.45, 2.75) is 13.8 Å². The van der Waals surface area contributed by atoms with E-state index in [0.717, 1.165) is 4.68 Å². The summed E-state index contributed by atoms with van der Waals surface area (Å²) in [7, 11) is 2.98. The molecule has 180 valence electrons. The van der Waals surface area contributed by atoms with E-state index in [4.69, 9.17) is 19.9 Å². The highest BCUT2D eigenvalue weighted by Gasteiger charge is 2.28. The van der Waals surface area contributed by atoms with Gasteiger partial charge in [0.25, 0.3) is 5.56 Å². The molecule has 10 heteroatoms. The number of phenolic OH excluding ortho intramolecular Hbond substituents is 1. The molecule has 0 aliphatic carbocycles. The van der Waals surface area contributed by atoms with Crippen LogP contribution in [0, 0.1) is 11.3 Å². The van der Waals surface area contributed by atoms with Gasteiger partial charge in [-0.15, -0.1) is 0 Å². The van der Waals surface area contributed by atoms with Crippen LogP contribution in [0.25, 0.3) is 11.1 Å². The average Bonchev–Trinajstić information content (AvgIpc) is 2.86. The number of benzene rings is 2.